The van der Waals surface area contributed by atoms with Gasteiger partial charge in [0.1, 0.15) is 0 Å². The van der Waals surface area contributed by atoms with E-state index in [-0.39, 0.29) is 0 Å². The number of hydrogen-bond donors (Lipinski definition) is 1. The third-order valence-electron chi connectivity index (χ3n) is 2.64. The Labute approximate surface area is 147 Å². The Balaban J connectivity index is 2.20. The summed E-state index contributed by atoms with van der Waals surface area (Å²) in [6.07, 6.45) is 0. The predicted molar refractivity (Wildman–Crippen MR) is 93.0 cm³/mol. The van der Waals surface area contributed by atoms with Crippen LogP contribution in [-0.2, 0) is 6.54 Å². The third-order valence-corrected chi connectivity index (χ3v) is 4.71. The number of nitriles is 1. The number of hydrogen-bond acceptors (Lipinski definition) is 2. The first-order valence-electron chi connectivity index (χ1n) is 5.58. The van der Waals surface area contributed by atoms with Crippen LogP contribution in [0.1, 0.15) is 11.1 Å². The minimum atomic E-state index is 0.560. The Bertz CT molecular complexity index is 672. The van der Waals surface area contributed by atoms with Crippen molar-refractivity contribution >= 4 is 65.1 Å². The van der Waals surface area contributed by atoms with Crippen molar-refractivity contribution in [2.24, 2.45) is 0 Å². The van der Waals surface area contributed by atoms with E-state index in [0.29, 0.717) is 17.1 Å². The van der Waals surface area contributed by atoms with Gasteiger partial charge in [0.15, 0.2) is 0 Å². The predicted octanol–water partition coefficient (Wildman–Crippen LogP) is 6.11. The summed E-state index contributed by atoms with van der Waals surface area (Å²) < 4.78 is 2.88. The van der Waals surface area contributed by atoms with Crippen molar-refractivity contribution in [1.29, 1.82) is 5.26 Å². The summed E-state index contributed by atoms with van der Waals surface area (Å²) in [7, 11) is 0. The summed E-state index contributed by atoms with van der Waals surface area (Å²) in [6, 6.07) is 11.3. The Morgan fingerprint density at radius 2 is 1.75 bits per heavy atom. The first-order valence-corrected chi connectivity index (χ1v) is 8.34. The van der Waals surface area contributed by atoms with E-state index >= 15 is 0 Å². The fourth-order valence-corrected chi connectivity index (χ4v) is 4.44. The molecule has 2 rings (SSSR count). The van der Waals surface area contributed by atoms with Crippen LogP contribution in [0.5, 0.6) is 0 Å². The van der Waals surface area contributed by atoms with E-state index in [0.717, 1.165) is 24.7 Å². The normalized spacial score (nSPS) is 10.2. The standard InChI is InChI=1S/C14H8Br3ClN2/c15-10-4-11(16)14(12(17)5-10)20-7-9-2-1-8(6-19)3-13(9)18/h1-5,20H,7H2. The Morgan fingerprint density at radius 3 is 2.30 bits per heavy atom. The van der Waals surface area contributed by atoms with Gasteiger partial charge in [0.2, 0.25) is 0 Å². The van der Waals surface area contributed by atoms with Gasteiger partial charge in [-0.3, -0.25) is 0 Å². The van der Waals surface area contributed by atoms with Gasteiger partial charge in [-0.25, -0.2) is 0 Å². The number of nitrogens with zero attached hydrogens (tertiary/aromatic N) is 1. The zero-order valence-corrected chi connectivity index (χ0v) is 15.6. The highest BCUT2D eigenvalue weighted by atomic mass is 79.9. The van der Waals surface area contributed by atoms with Crippen molar-refractivity contribution in [3.63, 3.8) is 0 Å². The highest BCUT2D eigenvalue weighted by Gasteiger charge is 2.08. The largest absolute Gasteiger partial charge is 0.379 e. The van der Waals surface area contributed by atoms with E-state index in [9.17, 15) is 0 Å². The molecule has 2 aromatic rings. The molecule has 0 radical (unpaired) electrons. The minimum absolute atomic E-state index is 0.560. The smallest absolute Gasteiger partial charge is 0.0992 e. The number of benzene rings is 2. The highest BCUT2D eigenvalue weighted by Crippen LogP contribution is 2.35. The average molecular weight is 479 g/mol. The number of nitrogens with one attached hydrogen (secondary N) is 1. The molecule has 0 aromatic heterocycles. The maximum atomic E-state index is 8.82. The molecule has 20 heavy (non-hydrogen) atoms. The lowest BCUT2D eigenvalue weighted by atomic mass is 10.1. The summed E-state index contributed by atoms with van der Waals surface area (Å²) in [5, 5.41) is 12.7. The van der Waals surface area contributed by atoms with Crippen LogP contribution in [-0.4, -0.2) is 0 Å². The number of anilines is 1. The first-order chi connectivity index (χ1) is 9.51. The van der Waals surface area contributed by atoms with Crippen LogP contribution in [0, 0.1) is 11.3 Å². The summed E-state index contributed by atoms with van der Waals surface area (Å²) in [5.74, 6) is 0. The average Bonchev–Trinajstić information content (AvgIpc) is 2.39. The molecule has 0 amide bonds. The molecule has 6 heteroatoms. The molecule has 0 atom stereocenters. The first kappa shape index (κ1) is 15.8. The second-order valence-electron chi connectivity index (χ2n) is 4.02. The molecule has 2 nitrogen and oxygen atoms in total. The van der Waals surface area contributed by atoms with Crippen LogP contribution in [0.15, 0.2) is 43.7 Å². The van der Waals surface area contributed by atoms with Gasteiger partial charge >= 0.3 is 0 Å². The van der Waals surface area contributed by atoms with E-state index < -0.39 is 0 Å². The zero-order valence-electron chi connectivity index (χ0n) is 10.1. The quantitative estimate of drug-likeness (QED) is 0.577. The van der Waals surface area contributed by atoms with Crippen molar-refractivity contribution < 1.29 is 0 Å². The van der Waals surface area contributed by atoms with Crippen molar-refractivity contribution in [3.05, 3.63) is 59.9 Å². The van der Waals surface area contributed by atoms with Gasteiger partial charge in [-0.15, -0.1) is 0 Å². The fourth-order valence-electron chi connectivity index (χ4n) is 1.65. The van der Waals surface area contributed by atoms with Crippen molar-refractivity contribution in [1.82, 2.24) is 0 Å². The lowest BCUT2D eigenvalue weighted by Crippen LogP contribution is -2.02. The minimum Gasteiger partial charge on any atom is -0.379 e. The lowest BCUT2D eigenvalue weighted by Gasteiger charge is -2.12. The molecule has 102 valence electrons. The zero-order chi connectivity index (χ0) is 14.7. The second-order valence-corrected chi connectivity index (χ2v) is 7.05. The van der Waals surface area contributed by atoms with E-state index in [1.165, 1.54) is 0 Å². The maximum absolute atomic E-state index is 8.82. The van der Waals surface area contributed by atoms with E-state index in [4.69, 9.17) is 16.9 Å². The van der Waals surface area contributed by atoms with Gasteiger partial charge < -0.3 is 5.32 Å². The topological polar surface area (TPSA) is 35.8 Å². The van der Waals surface area contributed by atoms with Crippen LogP contribution < -0.4 is 5.32 Å². The second kappa shape index (κ2) is 6.95. The van der Waals surface area contributed by atoms with Crippen molar-refractivity contribution in [2.45, 2.75) is 6.54 Å². The van der Waals surface area contributed by atoms with Crippen LogP contribution in [0.3, 0.4) is 0 Å². The molecule has 0 heterocycles. The Morgan fingerprint density at radius 1 is 1.10 bits per heavy atom. The highest BCUT2D eigenvalue weighted by molar-refractivity contribution is 9.11. The number of rotatable bonds is 3. The number of halogens is 4. The van der Waals surface area contributed by atoms with Crippen LogP contribution in [0.25, 0.3) is 0 Å². The van der Waals surface area contributed by atoms with Gasteiger partial charge in [0.05, 0.1) is 17.3 Å². The molecule has 0 aliphatic rings. The monoisotopic (exact) mass is 476 g/mol. The molecule has 0 aliphatic carbocycles. The molecule has 0 unspecified atom stereocenters. The summed E-state index contributed by atoms with van der Waals surface area (Å²) >= 11 is 16.6. The van der Waals surface area contributed by atoms with Crippen LogP contribution in [0.4, 0.5) is 5.69 Å². The van der Waals surface area contributed by atoms with Gasteiger partial charge in [-0.2, -0.15) is 5.26 Å². The van der Waals surface area contributed by atoms with E-state index in [1.807, 2.05) is 18.2 Å². The summed E-state index contributed by atoms with van der Waals surface area (Å²) in [6.45, 7) is 0.573. The third kappa shape index (κ3) is 3.76. The molecule has 0 aliphatic heterocycles. The molecular formula is C14H8Br3ClN2. The molecule has 0 saturated carbocycles. The van der Waals surface area contributed by atoms with E-state index in [1.54, 1.807) is 12.1 Å². The Kier molecular flexibility index (Phi) is 5.50. The van der Waals surface area contributed by atoms with Gasteiger partial charge in [0.25, 0.3) is 0 Å². The molecule has 0 spiro atoms. The molecule has 0 fully saturated rings. The maximum Gasteiger partial charge on any atom is 0.0992 e. The van der Waals surface area contributed by atoms with Crippen molar-refractivity contribution in [2.75, 3.05) is 5.32 Å². The summed E-state index contributed by atoms with van der Waals surface area (Å²) in [5.41, 5.74) is 2.45. The van der Waals surface area contributed by atoms with Crippen LogP contribution >= 0.6 is 59.4 Å². The Hall–Kier alpha value is -0.540. The molecular weight excluding hydrogens is 471 g/mol. The van der Waals surface area contributed by atoms with Gasteiger partial charge in [0, 0.05) is 25.0 Å². The molecule has 0 saturated heterocycles. The van der Waals surface area contributed by atoms with Gasteiger partial charge in [-0.1, -0.05) is 33.6 Å². The summed E-state index contributed by atoms with van der Waals surface area (Å²) in [4.78, 5) is 0. The van der Waals surface area contributed by atoms with E-state index in [2.05, 4.69) is 59.2 Å². The molecule has 1 N–H and O–H groups in total. The van der Waals surface area contributed by atoms with Crippen LogP contribution in [0.2, 0.25) is 5.02 Å². The molecule has 0 bridgehead atoms. The fraction of sp³-hybridized carbons (Fsp3) is 0.0714. The van der Waals surface area contributed by atoms with Crippen molar-refractivity contribution in [3.8, 4) is 6.07 Å². The lowest BCUT2D eigenvalue weighted by molar-refractivity contribution is 1.14. The van der Waals surface area contributed by atoms with Gasteiger partial charge in [-0.05, 0) is 61.7 Å². The molecule has 2 aromatic carbocycles. The SMILES string of the molecule is N#Cc1ccc(CNc2c(Br)cc(Br)cc2Br)c(Cl)c1.